The van der Waals surface area contributed by atoms with Gasteiger partial charge in [0.25, 0.3) is 0 Å². The van der Waals surface area contributed by atoms with Crippen LogP contribution in [-0.4, -0.2) is 55.0 Å². The quantitative estimate of drug-likeness (QED) is 0.547. The second kappa shape index (κ2) is 10.9. The Bertz CT molecular complexity index is 712. The Balaban J connectivity index is 1.91. The third-order valence-corrected chi connectivity index (χ3v) is 4.60. The number of methoxy groups -OCH3 is 1. The van der Waals surface area contributed by atoms with Crippen molar-refractivity contribution in [1.82, 2.24) is 10.3 Å². The van der Waals surface area contributed by atoms with Gasteiger partial charge >= 0.3 is 12.1 Å². The molecule has 1 saturated carbocycles. The van der Waals surface area contributed by atoms with Crippen molar-refractivity contribution < 1.29 is 23.8 Å². The van der Waals surface area contributed by atoms with E-state index in [1.54, 1.807) is 20.1 Å². The number of anilines is 2. The van der Waals surface area contributed by atoms with Gasteiger partial charge in [-0.1, -0.05) is 0 Å². The summed E-state index contributed by atoms with van der Waals surface area (Å²) in [6.07, 6.45) is 3.05. The zero-order valence-electron chi connectivity index (χ0n) is 18.5. The third-order valence-electron chi connectivity index (χ3n) is 4.60. The molecule has 0 atom stereocenters. The van der Waals surface area contributed by atoms with Crippen molar-refractivity contribution in [1.29, 1.82) is 0 Å². The van der Waals surface area contributed by atoms with Crippen LogP contribution in [0.2, 0.25) is 0 Å². The summed E-state index contributed by atoms with van der Waals surface area (Å²) in [5, 5.41) is 9.45. The predicted octanol–water partition coefficient (Wildman–Crippen LogP) is 3.31. The lowest BCUT2D eigenvalue weighted by atomic mass is 9.91. The topological polar surface area (TPSA) is 111 Å². The Morgan fingerprint density at radius 2 is 1.80 bits per heavy atom. The molecule has 30 heavy (non-hydrogen) atoms. The minimum atomic E-state index is -0.506. The zero-order valence-corrected chi connectivity index (χ0v) is 18.5. The van der Waals surface area contributed by atoms with Crippen LogP contribution in [0.3, 0.4) is 0 Å². The Morgan fingerprint density at radius 3 is 2.40 bits per heavy atom. The van der Waals surface area contributed by atoms with Gasteiger partial charge in [0.05, 0.1) is 19.4 Å². The van der Waals surface area contributed by atoms with Gasteiger partial charge in [0.2, 0.25) is 5.88 Å². The maximum absolute atomic E-state index is 12.0. The molecule has 0 aliphatic heterocycles. The number of hydrogen-bond acceptors (Lipinski definition) is 8. The first-order valence-corrected chi connectivity index (χ1v) is 10.4. The van der Waals surface area contributed by atoms with Crippen LogP contribution in [0.4, 0.5) is 16.3 Å². The van der Waals surface area contributed by atoms with E-state index in [-0.39, 0.29) is 30.7 Å². The first-order chi connectivity index (χ1) is 14.2. The summed E-state index contributed by atoms with van der Waals surface area (Å²) in [6, 6.07) is 3.85. The molecule has 1 heterocycles. The summed E-state index contributed by atoms with van der Waals surface area (Å²) < 4.78 is 15.5. The number of amides is 1. The molecule has 0 unspecified atom stereocenters. The van der Waals surface area contributed by atoms with Gasteiger partial charge in [-0.3, -0.25) is 4.79 Å². The maximum Gasteiger partial charge on any atom is 0.407 e. The second-order valence-electron chi connectivity index (χ2n) is 8.25. The molecule has 3 N–H and O–H groups in total. The first kappa shape index (κ1) is 23.6. The molecule has 1 aromatic heterocycles. The second-order valence-corrected chi connectivity index (χ2v) is 8.25. The molecular formula is C21H34N4O5. The molecule has 0 aromatic carbocycles. The minimum absolute atomic E-state index is 0.0586. The van der Waals surface area contributed by atoms with Gasteiger partial charge in [0.1, 0.15) is 12.1 Å². The summed E-state index contributed by atoms with van der Waals surface area (Å²) in [4.78, 5) is 28.1. The van der Waals surface area contributed by atoms with Gasteiger partial charge in [-0.25, -0.2) is 4.79 Å². The highest BCUT2D eigenvalue weighted by atomic mass is 16.6. The lowest BCUT2D eigenvalue weighted by Crippen LogP contribution is -2.42. The van der Waals surface area contributed by atoms with E-state index < -0.39 is 5.60 Å². The average molecular weight is 423 g/mol. The molecule has 1 fully saturated rings. The molecule has 1 aliphatic carbocycles. The van der Waals surface area contributed by atoms with E-state index in [1.165, 1.54) is 0 Å². The van der Waals surface area contributed by atoms with Crippen molar-refractivity contribution in [2.45, 2.75) is 71.1 Å². The molecule has 9 heteroatoms. The summed E-state index contributed by atoms with van der Waals surface area (Å²) in [6.45, 7) is 7.72. The fraction of sp³-hybridized carbons (Fsp3) is 0.667. The van der Waals surface area contributed by atoms with Crippen LogP contribution in [0.15, 0.2) is 12.1 Å². The van der Waals surface area contributed by atoms with Crippen molar-refractivity contribution in [3.05, 3.63) is 12.1 Å². The van der Waals surface area contributed by atoms with Crippen LogP contribution in [0.25, 0.3) is 0 Å². The Hall–Kier alpha value is -2.71. The molecule has 0 bridgehead atoms. The Morgan fingerprint density at radius 1 is 1.13 bits per heavy atom. The SMILES string of the molecule is CCOC(=O)CNc1ccc(OC)nc1N[C@H]1CC[C@H](NC(=O)OC(C)(C)C)CC1. The zero-order chi connectivity index (χ0) is 22.1. The number of ether oxygens (including phenoxy) is 3. The van der Waals surface area contributed by atoms with E-state index in [0.717, 1.165) is 25.7 Å². The van der Waals surface area contributed by atoms with Gasteiger partial charge in [-0.15, -0.1) is 0 Å². The van der Waals surface area contributed by atoms with E-state index in [2.05, 4.69) is 20.9 Å². The highest BCUT2D eigenvalue weighted by Crippen LogP contribution is 2.27. The molecule has 9 nitrogen and oxygen atoms in total. The molecule has 168 valence electrons. The number of esters is 1. The van der Waals surface area contributed by atoms with Crippen molar-refractivity contribution in [3.63, 3.8) is 0 Å². The van der Waals surface area contributed by atoms with E-state index in [9.17, 15) is 9.59 Å². The van der Waals surface area contributed by atoms with Crippen LogP contribution in [-0.2, 0) is 14.3 Å². The van der Waals surface area contributed by atoms with Crippen molar-refractivity contribution in [2.24, 2.45) is 0 Å². The average Bonchev–Trinajstić information content (AvgIpc) is 2.67. The van der Waals surface area contributed by atoms with Crippen LogP contribution >= 0.6 is 0 Å². The molecule has 1 aromatic rings. The number of pyridine rings is 1. The molecule has 0 spiro atoms. The number of nitrogens with one attached hydrogen (secondary N) is 3. The van der Waals surface area contributed by atoms with Crippen LogP contribution in [0.1, 0.15) is 53.4 Å². The molecular weight excluding hydrogens is 388 g/mol. The largest absolute Gasteiger partial charge is 0.481 e. The number of aromatic nitrogens is 1. The third kappa shape index (κ3) is 7.96. The van der Waals surface area contributed by atoms with Crippen molar-refractivity contribution >= 4 is 23.6 Å². The molecule has 2 rings (SSSR count). The van der Waals surface area contributed by atoms with Crippen molar-refractivity contribution in [3.8, 4) is 5.88 Å². The number of alkyl carbamates (subject to hydrolysis) is 1. The van der Waals surface area contributed by atoms with Gasteiger partial charge in [0, 0.05) is 18.2 Å². The summed E-state index contributed by atoms with van der Waals surface area (Å²) >= 11 is 0. The van der Waals surface area contributed by atoms with Crippen LogP contribution < -0.4 is 20.7 Å². The molecule has 0 radical (unpaired) electrons. The smallest absolute Gasteiger partial charge is 0.407 e. The summed E-state index contributed by atoms with van der Waals surface area (Å²) in [5.74, 6) is 0.787. The van der Waals surface area contributed by atoms with Crippen LogP contribution in [0.5, 0.6) is 5.88 Å². The lowest BCUT2D eigenvalue weighted by Gasteiger charge is -2.31. The summed E-state index contributed by atoms with van der Waals surface area (Å²) in [5.41, 5.74) is 0.200. The number of nitrogens with zero attached hydrogens (tertiary/aromatic N) is 1. The van der Waals surface area contributed by atoms with Gasteiger partial charge in [-0.2, -0.15) is 4.98 Å². The van der Waals surface area contributed by atoms with E-state index in [1.807, 2.05) is 26.8 Å². The normalized spacial score (nSPS) is 18.8. The van der Waals surface area contributed by atoms with E-state index in [0.29, 0.717) is 24.0 Å². The highest BCUT2D eigenvalue weighted by Gasteiger charge is 2.25. The Kier molecular flexibility index (Phi) is 8.56. The number of carbonyl (C=O) groups excluding carboxylic acids is 2. The number of hydrogen-bond donors (Lipinski definition) is 3. The highest BCUT2D eigenvalue weighted by molar-refractivity contribution is 5.77. The van der Waals surface area contributed by atoms with Gasteiger partial charge < -0.3 is 30.2 Å². The standard InChI is InChI=1S/C21H34N4O5/c1-6-29-18(26)13-22-16-11-12-17(28-5)25-19(16)23-14-7-9-15(10-8-14)24-20(27)30-21(2,3)4/h11-12,14-15,22H,6-10,13H2,1-5H3,(H,23,25)(H,24,27)/t14-,15-. The minimum Gasteiger partial charge on any atom is -0.481 e. The Labute approximate surface area is 178 Å². The van der Waals surface area contributed by atoms with E-state index >= 15 is 0 Å². The fourth-order valence-electron chi connectivity index (χ4n) is 3.24. The number of carbonyl (C=O) groups is 2. The first-order valence-electron chi connectivity index (χ1n) is 10.4. The van der Waals surface area contributed by atoms with E-state index in [4.69, 9.17) is 14.2 Å². The fourth-order valence-corrected chi connectivity index (χ4v) is 3.24. The predicted molar refractivity (Wildman–Crippen MR) is 115 cm³/mol. The van der Waals surface area contributed by atoms with Crippen molar-refractivity contribution in [2.75, 3.05) is 30.9 Å². The maximum atomic E-state index is 12.0. The number of rotatable bonds is 8. The van der Waals surface area contributed by atoms with Gasteiger partial charge in [0.15, 0.2) is 5.82 Å². The van der Waals surface area contributed by atoms with Gasteiger partial charge in [-0.05, 0) is 59.4 Å². The molecule has 1 amide bonds. The summed E-state index contributed by atoms with van der Waals surface area (Å²) in [7, 11) is 1.56. The lowest BCUT2D eigenvalue weighted by molar-refractivity contribution is -0.140. The monoisotopic (exact) mass is 422 g/mol. The molecule has 1 aliphatic rings. The molecule has 0 saturated heterocycles. The van der Waals surface area contributed by atoms with Crippen LogP contribution in [0, 0.1) is 0 Å².